The van der Waals surface area contributed by atoms with Crippen LogP contribution in [-0.2, 0) is 16.0 Å². The molecule has 2 amide bonds. The van der Waals surface area contributed by atoms with Crippen LogP contribution in [0, 0.1) is 6.92 Å². The number of anilines is 1. The van der Waals surface area contributed by atoms with Crippen LogP contribution in [0.3, 0.4) is 0 Å². The molecule has 2 aliphatic heterocycles. The monoisotopic (exact) mass is 466 g/mol. The van der Waals surface area contributed by atoms with Crippen LogP contribution in [0.25, 0.3) is 0 Å². The molecule has 7 heteroatoms. The molecule has 0 aromatic heterocycles. The number of methoxy groups -OCH3 is 1. The topological polar surface area (TPSA) is 83.4 Å². The van der Waals surface area contributed by atoms with Crippen molar-refractivity contribution in [3.63, 3.8) is 0 Å². The highest BCUT2D eigenvalue weighted by Crippen LogP contribution is 2.37. The Morgan fingerprint density at radius 2 is 1.86 bits per heavy atom. The second-order valence-corrected chi connectivity index (χ2v) is 8.63. The van der Waals surface area contributed by atoms with Gasteiger partial charge in [-0.3, -0.25) is 9.59 Å². The molecule has 1 N–H and O–H groups in total. The molecule has 0 bridgehead atoms. The van der Waals surface area contributed by atoms with E-state index in [4.69, 9.17) is 9.73 Å². The van der Waals surface area contributed by atoms with Crippen molar-refractivity contribution in [1.82, 2.24) is 5.32 Å². The standard InChI is InChI=1S/C28H26N4O3/c1-17-15-20-13-14-32-25(20)22(16-17)24(19-9-5-4-6-10-19)30-26(28(32)34)31-27(33)21-11-7-8-12-23(21)29-18(2)35-3/h4-12,15-16,26H,13-14H2,1-3H3,(H,31,33). The van der Waals surface area contributed by atoms with Crippen LogP contribution in [-0.4, -0.2) is 43.2 Å². The first-order valence-electron chi connectivity index (χ1n) is 11.5. The van der Waals surface area contributed by atoms with E-state index in [2.05, 4.69) is 22.4 Å². The van der Waals surface area contributed by atoms with Gasteiger partial charge in [0.2, 0.25) is 6.17 Å². The minimum absolute atomic E-state index is 0.248. The first kappa shape index (κ1) is 22.5. The van der Waals surface area contributed by atoms with Crippen molar-refractivity contribution >= 4 is 34.8 Å². The summed E-state index contributed by atoms with van der Waals surface area (Å²) >= 11 is 0. The average molecular weight is 467 g/mol. The SMILES string of the molecule is COC(C)=Nc1ccccc1C(=O)NC1N=C(c2ccccc2)c2cc(C)cc3c2N(CC3)C1=O. The van der Waals surface area contributed by atoms with Gasteiger partial charge < -0.3 is 15.0 Å². The first-order valence-corrected chi connectivity index (χ1v) is 11.5. The zero-order chi connectivity index (χ0) is 24.5. The van der Waals surface area contributed by atoms with E-state index in [9.17, 15) is 9.59 Å². The Morgan fingerprint density at radius 1 is 1.11 bits per heavy atom. The minimum atomic E-state index is -1.07. The van der Waals surface area contributed by atoms with Gasteiger partial charge in [0.05, 0.1) is 29.8 Å². The van der Waals surface area contributed by atoms with Crippen LogP contribution in [0.4, 0.5) is 11.4 Å². The van der Waals surface area contributed by atoms with Crippen LogP contribution in [0.15, 0.2) is 76.7 Å². The normalized spacial score (nSPS) is 16.9. The zero-order valence-corrected chi connectivity index (χ0v) is 19.9. The summed E-state index contributed by atoms with van der Waals surface area (Å²) in [4.78, 5) is 38.0. The fourth-order valence-electron chi connectivity index (χ4n) is 4.61. The summed E-state index contributed by atoms with van der Waals surface area (Å²) in [6.07, 6.45) is -0.302. The maximum absolute atomic E-state index is 13.7. The van der Waals surface area contributed by atoms with Crippen molar-refractivity contribution in [2.45, 2.75) is 26.4 Å². The Morgan fingerprint density at radius 3 is 2.63 bits per heavy atom. The highest BCUT2D eigenvalue weighted by atomic mass is 16.5. The molecule has 7 nitrogen and oxygen atoms in total. The number of hydrogen-bond acceptors (Lipinski definition) is 5. The first-order chi connectivity index (χ1) is 17.0. The van der Waals surface area contributed by atoms with Crippen LogP contribution in [0.2, 0.25) is 0 Å². The van der Waals surface area contributed by atoms with Crippen LogP contribution < -0.4 is 10.2 Å². The lowest BCUT2D eigenvalue weighted by Crippen LogP contribution is -2.47. The number of nitrogens with zero attached hydrogens (tertiary/aromatic N) is 3. The maximum Gasteiger partial charge on any atom is 0.272 e. The molecule has 2 heterocycles. The van der Waals surface area contributed by atoms with Crippen molar-refractivity contribution in [3.05, 3.63) is 94.5 Å². The van der Waals surface area contributed by atoms with Crippen molar-refractivity contribution in [3.8, 4) is 0 Å². The molecule has 0 saturated heterocycles. The van der Waals surface area contributed by atoms with E-state index in [-0.39, 0.29) is 5.91 Å². The van der Waals surface area contributed by atoms with Crippen molar-refractivity contribution in [2.24, 2.45) is 9.98 Å². The third-order valence-electron chi connectivity index (χ3n) is 6.26. The molecular weight excluding hydrogens is 440 g/mol. The number of hydrogen-bond donors (Lipinski definition) is 1. The molecule has 0 aliphatic carbocycles. The number of rotatable bonds is 4. The summed E-state index contributed by atoms with van der Waals surface area (Å²) < 4.78 is 5.15. The lowest BCUT2D eigenvalue weighted by atomic mass is 9.96. The lowest BCUT2D eigenvalue weighted by Gasteiger charge is -2.21. The lowest BCUT2D eigenvalue weighted by molar-refractivity contribution is -0.120. The Balaban J connectivity index is 1.59. The van der Waals surface area contributed by atoms with Gasteiger partial charge >= 0.3 is 0 Å². The molecule has 0 saturated carbocycles. The smallest absolute Gasteiger partial charge is 0.272 e. The van der Waals surface area contributed by atoms with Gasteiger partial charge in [0.1, 0.15) is 0 Å². The van der Waals surface area contributed by atoms with E-state index in [1.165, 1.54) is 7.11 Å². The van der Waals surface area contributed by atoms with E-state index in [1.54, 1.807) is 36.1 Å². The highest BCUT2D eigenvalue weighted by molar-refractivity contribution is 6.21. The summed E-state index contributed by atoms with van der Waals surface area (Å²) in [7, 11) is 1.52. The van der Waals surface area contributed by atoms with Gasteiger partial charge in [0.15, 0.2) is 5.90 Å². The fourth-order valence-corrected chi connectivity index (χ4v) is 4.61. The second-order valence-electron chi connectivity index (χ2n) is 8.63. The molecular formula is C28H26N4O3. The Kier molecular flexibility index (Phi) is 5.91. The van der Waals surface area contributed by atoms with Gasteiger partial charge in [-0.2, -0.15) is 0 Å². The third kappa shape index (κ3) is 4.21. The van der Waals surface area contributed by atoms with Gasteiger partial charge in [-0.1, -0.05) is 54.1 Å². The molecule has 5 rings (SSSR count). The molecule has 3 aromatic carbocycles. The predicted molar refractivity (Wildman–Crippen MR) is 137 cm³/mol. The molecule has 0 fully saturated rings. The zero-order valence-electron chi connectivity index (χ0n) is 19.9. The summed E-state index contributed by atoms with van der Waals surface area (Å²) in [6, 6.07) is 20.9. The van der Waals surface area contributed by atoms with Crippen molar-refractivity contribution < 1.29 is 14.3 Å². The average Bonchev–Trinajstić information content (AvgIpc) is 3.25. The molecule has 2 aliphatic rings. The van der Waals surface area contributed by atoms with E-state index in [1.807, 2.05) is 37.3 Å². The molecule has 176 valence electrons. The van der Waals surface area contributed by atoms with E-state index in [0.29, 0.717) is 29.4 Å². The highest BCUT2D eigenvalue weighted by Gasteiger charge is 2.37. The largest absolute Gasteiger partial charge is 0.484 e. The predicted octanol–water partition coefficient (Wildman–Crippen LogP) is 4.19. The second kappa shape index (κ2) is 9.18. The van der Waals surface area contributed by atoms with E-state index >= 15 is 0 Å². The number of nitrogens with one attached hydrogen (secondary N) is 1. The number of aliphatic imine (C=N–C) groups is 2. The summed E-state index contributed by atoms with van der Waals surface area (Å²) in [5.74, 6) is -0.248. The van der Waals surface area contributed by atoms with Crippen LogP contribution >= 0.6 is 0 Å². The molecule has 1 atom stereocenters. The molecule has 3 aromatic rings. The molecule has 1 unspecified atom stereocenters. The van der Waals surface area contributed by atoms with Crippen molar-refractivity contribution in [1.29, 1.82) is 0 Å². The van der Waals surface area contributed by atoms with E-state index in [0.717, 1.165) is 34.4 Å². The minimum Gasteiger partial charge on any atom is -0.484 e. The quantitative estimate of drug-likeness (QED) is 0.462. The number of amides is 2. The summed E-state index contributed by atoms with van der Waals surface area (Å²) in [5.41, 5.74) is 6.42. The Labute approximate surface area is 204 Å². The Hall–Kier alpha value is -4.26. The van der Waals surface area contributed by atoms with Crippen molar-refractivity contribution in [2.75, 3.05) is 18.6 Å². The molecule has 0 spiro atoms. The number of ether oxygens (including phenoxy) is 1. The summed E-state index contributed by atoms with van der Waals surface area (Å²) in [6.45, 7) is 4.32. The van der Waals surface area contributed by atoms with Gasteiger partial charge in [-0.15, -0.1) is 0 Å². The van der Waals surface area contributed by atoms with Crippen LogP contribution in [0.1, 0.15) is 39.5 Å². The number of benzene rings is 3. The van der Waals surface area contributed by atoms with Gasteiger partial charge in [-0.05, 0) is 37.1 Å². The fraction of sp³-hybridized carbons (Fsp3) is 0.214. The summed E-state index contributed by atoms with van der Waals surface area (Å²) in [5, 5.41) is 2.87. The number of aryl methyl sites for hydroxylation is 1. The van der Waals surface area contributed by atoms with Gasteiger partial charge in [0.25, 0.3) is 11.8 Å². The number of carbonyl (C=O) groups excluding carboxylic acids is 2. The number of carbonyl (C=O) groups is 2. The maximum atomic E-state index is 13.7. The number of para-hydroxylation sites is 1. The van der Waals surface area contributed by atoms with E-state index < -0.39 is 12.1 Å². The van der Waals surface area contributed by atoms with Gasteiger partial charge in [0, 0.05) is 24.6 Å². The van der Waals surface area contributed by atoms with Crippen LogP contribution in [0.5, 0.6) is 0 Å². The third-order valence-corrected chi connectivity index (χ3v) is 6.26. The Bertz CT molecular complexity index is 1380. The van der Waals surface area contributed by atoms with Gasteiger partial charge in [-0.25, -0.2) is 9.98 Å². The molecule has 35 heavy (non-hydrogen) atoms. The molecule has 0 radical (unpaired) electrons.